The molecule has 0 aromatic heterocycles. The molecule has 2 amide bonds. The van der Waals surface area contributed by atoms with Crippen molar-refractivity contribution in [1.29, 1.82) is 5.26 Å². The van der Waals surface area contributed by atoms with Gasteiger partial charge in [-0.15, -0.1) is 0 Å². The van der Waals surface area contributed by atoms with Crippen LogP contribution in [-0.4, -0.2) is 17.2 Å². The van der Waals surface area contributed by atoms with E-state index in [9.17, 15) is 9.90 Å². The monoisotopic (exact) mass is 307 g/mol. The third kappa shape index (κ3) is 3.33. The maximum absolute atomic E-state index is 12.1. The van der Waals surface area contributed by atoms with Crippen molar-refractivity contribution in [3.05, 3.63) is 70.8 Å². The Kier molecular flexibility index (Phi) is 4.26. The van der Waals surface area contributed by atoms with E-state index in [2.05, 4.69) is 16.7 Å². The largest absolute Gasteiger partial charge is 0.390 e. The van der Waals surface area contributed by atoms with Crippen LogP contribution in [0.25, 0.3) is 0 Å². The molecule has 0 fully saturated rings. The van der Waals surface area contributed by atoms with Crippen LogP contribution in [0.2, 0.25) is 0 Å². The molecule has 0 bridgehead atoms. The number of nitriles is 1. The Balaban J connectivity index is 1.61. The van der Waals surface area contributed by atoms with Gasteiger partial charge < -0.3 is 15.7 Å². The molecule has 2 aromatic rings. The van der Waals surface area contributed by atoms with E-state index in [4.69, 9.17) is 5.26 Å². The molecule has 0 radical (unpaired) electrons. The van der Waals surface area contributed by atoms with E-state index >= 15 is 0 Å². The lowest BCUT2D eigenvalue weighted by atomic mass is 10.1. The van der Waals surface area contributed by atoms with Crippen LogP contribution < -0.4 is 10.6 Å². The average Bonchev–Trinajstić information content (AvgIpc) is 2.89. The lowest BCUT2D eigenvalue weighted by molar-refractivity contribution is 0.142. The van der Waals surface area contributed by atoms with Crippen LogP contribution in [0.1, 0.15) is 28.3 Å². The predicted octanol–water partition coefficient (Wildman–Crippen LogP) is 2.02. The zero-order valence-electron chi connectivity index (χ0n) is 12.5. The highest BCUT2D eigenvalue weighted by Gasteiger charge is 2.31. The van der Waals surface area contributed by atoms with Crippen LogP contribution in [0, 0.1) is 11.3 Å². The van der Waals surface area contributed by atoms with Crippen molar-refractivity contribution >= 4 is 6.03 Å². The average molecular weight is 307 g/mol. The van der Waals surface area contributed by atoms with Crippen molar-refractivity contribution in [3.63, 3.8) is 0 Å². The number of fused-ring (bicyclic) bond motifs is 1. The maximum atomic E-state index is 12.1. The second-order valence-corrected chi connectivity index (χ2v) is 5.59. The summed E-state index contributed by atoms with van der Waals surface area (Å²) in [5.74, 6) is 0. The van der Waals surface area contributed by atoms with Crippen molar-refractivity contribution in [2.75, 3.05) is 0 Å². The Morgan fingerprint density at radius 1 is 1.26 bits per heavy atom. The molecule has 0 spiro atoms. The first-order chi connectivity index (χ1) is 11.2. The molecule has 2 aromatic carbocycles. The highest BCUT2D eigenvalue weighted by Crippen LogP contribution is 2.30. The molecule has 0 unspecified atom stereocenters. The Labute approximate surface area is 134 Å². The van der Waals surface area contributed by atoms with Crippen molar-refractivity contribution in [2.24, 2.45) is 0 Å². The van der Waals surface area contributed by atoms with Crippen molar-refractivity contribution < 1.29 is 9.90 Å². The quantitative estimate of drug-likeness (QED) is 0.811. The molecular weight excluding hydrogens is 290 g/mol. The number of carbonyl (C=O) groups excluding carboxylic acids is 1. The number of benzene rings is 2. The Hall–Kier alpha value is -2.84. The summed E-state index contributed by atoms with van der Waals surface area (Å²) < 4.78 is 0. The SMILES string of the molecule is N#Cc1cccc(CNC(=O)N[C@@H]2c3ccccc3C[C@@H]2O)c1. The topological polar surface area (TPSA) is 85.2 Å². The van der Waals surface area contributed by atoms with E-state index in [0.29, 0.717) is 18.5 Å². The minimum Gasteiger partial charge on any atom is -0.390 e. The van der Waals surface area contributed by atoms with Crippen LogP contribution in [0.15, 0.2) is 48.5 Å². The number of carbonyl (C=O) groups is 1. The molecule has 0 aliphatic heterocycles. The van der Waals surface area contributed by atoms with Gasteiger partial charge in [0.25, 0.3) is 0 Å². The van der Waals surface area contributed by atoms with E-state index in [-0.39, 0.29) is 6.03 Å². The molecule has 1 aliphatic rings. The van der Waals surface area contributed by atoms with Gasteiger partial charge in [0.15, 0.2) is 0 Å². The maximum Gasteiger partial charge on any atom is 0.315 e. The Morgan fingerprint density at radius 2 is 2.09 bits per heavy atom. The number of amides is 2. The zero-order valence-corrected chi connectivity index (χ0v) is 12.5. The van der Waals surface area contributed by atoms with E-state index in [0.717, 1.165) is 16.7 Å². The summed E-state index contributed by atoms with van der Waals surface area (Å²) in [6.07, 6.45) is -0.0641. The minimum atomic E-state index is -0.611. The number of hydrogen-bond donors (Lipinski definition) is 3. The molecule has 1 aliphatic carbocycles. The zero-order chi connectivity index (χ0) is 16.2. The molecule has 2 atom stereocenters. The number of urea groups is 1. The highest BCUT2D eigenvalue weighted by molar-refractivity contribution is 5.74. The van der Waals surface area contributed by atoms with Gasteiger partial charge >= 0.3 is 6.03 Å². The number of rotatable bonds is 3. The molecule has 0 heterocycles. The Morgan fingerprint density at radius 3 is 2.91 bits per heavy atom. The van der Waals surface area contributed by atoms with Gasteiger partial charge in [-0.1, -0.05) is 36.4 Å². The lowest BCUT2D eigenvalue weighted by Crippen LogP contribution is -2.40. The molecule has 3 rings (SSSR count). The number of nitrogens with zero attached hydrogens (tertiary/aromatic N) is 1. The van der Waals surface area contributed by atoms with E-state index in [1.54, 1.807) is 18.2 Å². The van der Waals surface area contributed by atoms with Crippen LogP contribution in [0.5, 0.6) is 0 Å². The summed E-state index contributed by atoms with van der Waals surface area (Å²) in [7, 11) is 0. The van der Waals surface area contributed by atoms with Crippen LogP contribution in [0.4, 0.5) is 4.79 Å². The summed E-state index contributed by atoms with van der Waals surface area (Å²) in [6, 6.07) is 16.1. The van der Waals surface area contributed by atoms with E-state index < -0.39 is 12.1 Å². The van der Waals surface area contributed by atoms with Gasteiger partial charge in [0.05, 0.1) is 23.8 Å². The third-order valence-corrected chi connectivity index (χ3v) is 4.00. The predicted molar refractivity (Wildman–Crippen MR) is 85.4 cm³/mol. The fourth-order valence-corrected chi connectivity index (χ4v) is 2.87. The normalized spacial score (nSPS) is 18.8. The first-order valence-electron chi connectivity index (χ1n) is 7.46. The van der Waals surface area contributed by atoms with Crippen molar-refractivity contribution in [2.45, 2.75) is 25.1 Å². The fourth-order valence-electron chi connectivity index (χ4n) is 2.87. The molecule has 23 heavy (non-hydrogen) atoms. The third-order valence-electron chi connectivity index (χ3n) is 4.00. The van der Waals surface area contributed by atoms with Crippen molar-refractivity contribution in [1.82, 2.24) is 10.6 Å². The van der Waals surface area contributed by atoms with Gasteiger partial charge in [0, 0.05) is 13.0 Å². The van der Waals surface area contributed by atoms with Gasteiger partial charge in [0.1, 0.15) is 0 Å². The summed E-state index contributed by atoms with van der Waals surface area (Å²) in [5.41, 5.74) is 3.44. The summed E-state index contributed by atoms with van der Waals surface area (Å²) >= 11 is 0. The molecular formula is C18H17N3O2. The number of aliphatic hydroxyl groups is 1. The smallest absolute Gasteiger partial charge is 0.315 e. The first-order valence-corrected chi connectivity index (χ1v) is 7.46. The Bertz CT molecular complexity index is 767. The van der Waals surface area contributed by atoms with Gasteiger partial charge in [-0.3, -0.25) is 0 Å². The fraction of sp³-hybridized carbons (Fsp3) is 0.222. The number of aliphatic hydroxyl groups excluding tert-OH is 1. The van der Waals surface area contributed by atoms with Crippen molar-refractivity contribution in [3.8, 4) is 6.07 Å². The van der Waals surface area contributed by atoms with Gasteiger partial charge in [-0.2, -0.15) is 5.26 Å². The van der Waals surface area contributed by atoms with Gasteiger partial charge in [-0.25, -0.2) is 4.79 Å². The second-order valence-electron chi connectivity index (χ2n) is 5.59. The van der Waals surface area contributed by atoms with Crippen LogP contribution in [-0.2, 0) is 13.0 Å². The molecule has 0 saturated heterocycles. The van der Waals surface area contributed by atoms with Crippen LogP contribution in [0.3, 0.4) is 0 Å². The molecule has 116 valence electrons. The summed E-state index contributed by atoms with van der Waals surface area (Å²) in [4.78, 5) is 12.1. The molecule has 5 nitrogen and oxygen atoms in total. The standard InChI is InChI=1S/C18H17N3O2/c19-10-12-4-3-5-13(8-12)11-20-18(23)21-17-15-7-2-1-6-14(15)9-16(17)22/h1-8,16-17,22H,9,11H2,(H2,20,21,23)/t16-,17+/m0/s1. The first kappa shape index (κ1) is 15.1. The van der Waals surface area contributed by atoms with Gasteiger partial charge in [0.2, 0.25) is 0 Å². The second kappa shape index (κ2) is 6.51. The molecule has 5 heteroatoms. The van der Waals surface area contributed by atoms with Gasteiger partial charge in [-0.05, 0) is 28.8 Å². The summed E-state index contributed by atoms with van der Waals surface area (Å²) in [5, 5.41) is 24.6. The van der Waals surface area contributed by atoms with E-state index in [1.165, 1.54) is 0 Å². The number of hydrogen-bond acceptors (Lipinski definition) is 3. The number of nitrogens with one attached hydrogen (secondary N) is 2. The highest BCUT2D eigenvalue weighted by atomic mass is 16.3. The molecule has 3 N–H and O–H groups in total. The molecule has 0 saturated carbocycles. The summed E-state index contributed by atoms with van der Waals surface area (Å²) in [6.45, 7) is 0.325. The minimum absolute atomic E-state index is 0.325. The van der Waals surface area contributed by atoms with Crippen LogP contribution >= 0.6 is 0 Å². The van der Waals surface area contributed by atoms with E-state index in [1.807, 2.05) is 30.3 Å². The lowest BCUT2D eigenvalue weighted by Gasteiger charge is -2.18.